The number of ketones is 1. The highest BCUT2D eigenvalue weighted by Crippen LogP contribution is 2.50. The van der Waals surface area contributed by atoms with E-state index < -0.39 is 5.60 Å². The fraction of sp³-hybridized carbons (Fsp3) is 0.656. The Balaban J connectivity index is 0.000000408. The number of Topliss-reactive ketones (excluding diaryl/α,β-unsaturated/α-hetero) is 1. The summed E-state index contributed by atoms with van der Waals surface area (Å²) in [6, 6.07) is 5.83. The van der Waals surface area contributed by atoms with Gasteiger partial charge in [0.2, 0.25) is 11.8 Å². The Morgan fingerprint density at radius 3 is 2.20 bits per heavy atom. The van der Waals surface area contributed by atoms with E-state index in [1.165, 1.54) is 6.92 Å². The van der Waals surface area contributed by atoms with Gasteiger partial charge in [0.05, 0.1) is 6.10 Å². The minimum atomic E-state index is -0.453. The van der Waals surface area contributed by atoms with Crippen molar-refractivity contribution in [2.75, 3.05) is 13.1 Å². The van der Waals surface area contributed by atoms with Crippen LogP contribution in [0, 0.1) is 24.2 Å². The SMILES string of the molecule is CC1CCC(=O)NC1=O.CC=O.Cc1ccc(OC2CC3(CCN(C(=O)OC(C)(C)C)CC3)C2)cc1C(=O)C(C)C. The number of benzene rings is 1. The van der Waals surface area contributed by atoms with Gasteiger partial charge in [0, 0.05) is 36.9 Å². The van der Waals surface area contributed by atoms with E-state index in [2.05, 4.69) is 5.32 Å². The largest absolute Gasteiger partial charge is 0.490 e. The zero-order chi connectivity index (χ0) is 31.0. The predicted molar refractivity (Wildman–Crippen MR) is 157 cm³/mol. The van der Waals surface area contributed by atoms with Crippen molar-refractivity contribution in [3.05, 3.63) is 29.3 Å². The van der Waals surface area contributed by atoms with Crippen LogP contribution in [0.1, 0.15) is 103 Å². The second kappa shape index (κ2) is 14.6. The summed E-state index contributed by atoms with van der Waals surface area (Å²) >= 11 is 0. The first kappa shape index (κ1) is 34.0. The summed E-state index contributed by atoms with van der Waals surface area (Å²) in [5, 5.41) is 2.25. The maximum atomic E-state index is 12.4. The number of aldehydes is 1. The molecule has 41 heavy (non-hydrogen) atoms. The molecule has 1 aromatic rings. The highest BCUT2D eigenvalue weighted by molar-refractivity contribution is 5.99. The number of amides is 3. The number of piperidine rings is 2. The number of hydrogen-bond acceptors (Lipinski definition) is 7. The minimum Gasteiger partial charge on any atom is -0.490 e. The maximum Gasteiger partial charge on any atom is 0.410 e. The number of nitrogens with zero attached hydrogens (tertiary/aromatic N) is 1. The van der Waals surface area contributed by atoms with E-state index in [-0.39, 0.29) is 47.0 Å². The van der Waals surface area contributed by atoms with Gasteiger partial charge in [0.15, 0.2) is 5.78 Å². The van der Waals surface area contributed by atoms with Crippen LogP contribution in [0.25, 0.3) is 0 Å². The molecule has 0 bridgehead atoms. The number of carbonyl (C=O) groups is 5. The summed E-state index contributed by atoms with van der Waals surface area (Å²) in [5.41, 5.74) is 1.59. The topological polar surface area (TPSA) is 119 Å². The van der Waals surface area contributed by atoms with Gasteiger partial charge in [-0.05, 0) is 89.8 Å². The number of rotatable bonds is 4. The number of imide groups is 1. The highest BCUT2D eigenvalue weighted by Gasteiger charge is 2.48. The van der Waals surface area contributed by atoms with Crippen molar-refractivity contribution in [2.24, 2.45) is 17.3 Å². The van der Waals surface area contributed by atoms with Gasteiger partial charge in [0.25, 0.3) is 0 Å². The molecular weight excluding hydrogens is 524 g/mol. The zero-order valence-corrected chi connectivity index (χ0v) is 26.0. The second-order valence-electron chi connectivity index (χ2n) is 12.7. The first-order valence-electron chi connectivity index (χ1n) is 14.6. The third kappa shape index (κ3) is 10.3. The number of ether oxygens (including phenoxy) is 2. The molecule has 1 atom stereocenters. The van der Waals surface area contributed by atoms with Crippen LogP contribution in [-0.2, 0) is 19.1 Å². The van der Waals surface area contributed by atoms with Crippen LogP contribution in [-0.4, -0.2) is 59.7 Å². The molecule has 9 heteroatoms. The van der Waals surface area contributed by atoms with Crippen LogP contribution in [0.5, 0.6) is 5.75 Å². The molecule has 3 amide bonds. The average Bonchev–Trinajstić information content (AvgIpc) is 2.86. The highest BCUT2D eigenvalue weighted by atomic mass is 16.6. The lowest BCUT2D eigenvalue weighted by Crippen LogP contribution is -2.52. The molecule has 3 fully saturated rings. The molecule has 0 radical (unpaired) electrons. The monoisotopic (exact) mass is 572 g/mol. The summed E-state index contributed by atoms with van der Waals surface area (Å²) < 4.78 is 11.7. The van der Waals surface area contributed by atoms with Gasteiger partial charge in [-0.3, -0.25) is 19.7 Å². The van der Waals surface area contributed by atoms with Gasteiger partial charge in [0.1, 0.15) is 17.6 Å². The first-order valence-corrected chi connectivity index (χ1v) is 14.6. The lowest BCUT2D eigenvalue weighted by molar-refractivity contribution is -0.135. The molecule has 1 spiro atoms. The Bertz CT molecular complexity index is 1090. The van der Waals surface area contributed by atoms with Gasteiger partial charge >= 0.3 is 6.09 Å². The third-order valence-corrected chi connectivity index (χ3v) is 7.61. The van der Waals surface area contributed by atoms with Gasteiger partial charge in [-0.25, -0.2) is 4.79 Å². The molecule has 1 unspecified atom stereocenters. The summed E-state index contributed by atoms with van der Waals surface area (Å²) in [6.45, 7) is 16.3. The van der Waals surface area contributed by atoms with Gasteiger partial charge in [-0.15, -0.1) is 0 Å². The van der Waals surface area contributed by atoms with Gasteiger partial charge < -0.3 is 19.2 Å². The lowest BCUT2D eigenvalue weighted by Gasteiger charge is -2.51. The van der Waals surface area contributed by atoms with Crippen LogP contribution in [0.3, 0.4) is 0 Å². The van der Waals surface area contributed by atoms with Crippen LogP contribution in [0.15, 0.2) is 18.2 Å². The predicted octanol–water partition coefficient (Wildman–Crippen LogP) is 5.66. The van der Waals surface area contributed by atoms with E-state index in [0.29, 0.717) is 12.8 Å². The standard InChI is InChI=1S/C24H35NO4.C6H9NO2.C2H4O/c1-16(2)21(26)20-13-18(8-7-17(20)3)28-19-14-24(15-19)9-11-25(12-10-24)22(27)29-23(4,5)6;1-4-2-3-5(8)7-6(4)9;1-2-3/h7-8,13,16,19H,9-12,14-15H2,1-6H3;4H,2-3H2,1H3,(H,7,8,9);2H,1H3. The molecule has 1 saturated carbocycles. The van der Waals surface area contributed by atoms with Crippen molar-refractivity contribution < 1.29 is 33.4 Å². The molecule has 0 aromatic heterocycles. The number of aryl methyl sites for hydroxylation is 1. The van der Waals surface area contributed by atoms with E-state index >= 15 is 0 Å². The molecular formula is C32H48N2O7. The Morgan fingerprint density at radius 2 is 1.71 bits per heavy atom. The minimum absolute atomic E-state index is 0.0164. The fourth-order valence-corrected chi connectivity index (χ4v) is 5.13. The molecule has 2 saturated heterocycles. The molecule has 2 heterocycles. The van der Waals surface area contributed by atoms with Crippen LogP contribution in [0.2, 0.25) is 0 Å². The summed E-state index contributed by atoms with van der Waals surface area (Å²) in [5.74, 6) is 0.663. The van der Waals surface area contributed by atoms with E-state index in [1.807, 2.05) is 71.6 Å². The van der Waals surface area contributed by atoms with Gasteiger partial charge in [-0.1, -0.05) is 26.8 Å². The Kier molecular flexibility index (Phi) is 12.1. The van der Waals surface area contributed by atoms with Crippen molar-refractivity contribution in [2.45, 2.75) is 106 Å². The molecule has 9 nitrogen and oxygen atoms in total. The quantitative estimate of drug-likeness (QED) is 0.281. The number of nitrogens with one attached hydrogen (secondary N) is 1. The smallest absolute Gasteiger partial charge is 0.410 e. The molecule has 1 aromatic carbocycles. The van der Waals surface area contributed by atoms with Crippen molar-refractivity contribution >= 4 is 30.0 Å². The van der Waals surface area contributed by atoms with Gasteiger partial charge in [-0.2, -0.15) is 0 Å². The maximum absolute atomic E-state index is 12.4. The molecule has 3 aliphatic rings. The Hall–Kier alpha value is -3.23. The van der Waals surface area contributed by atoms with Crippen molar-refractivity contribution in [3.8, 4) is 5.75 Å². The molecule has 1 aliphatic carbocycles. The first-order chi connectivity index (χ1) is 19.1. The molecule has 2 aliphatic heterocycles. The normalized spacial score (nSPS) is 20.0. The van der Waals surface area contributed by atoms with E-state index in [0.717, 1.165) is 61.9 Å². The van der Waals surface area contributed by atoms with E-state index in [1.54, 1.807) is 0 Å². The van der Waals surface area contributed by atoms with Crippen molar-refractivity contribution in [3.63, 3.8) is 0 Å². The van der Waals surface area contributed by atoms with Crippen LogP contribution < -0.4 is 10.1 Å². The zero-order valence-electron chi connectivity index (χ0n) is 26.0. The van der Waals surface area contributed by atoms with Crippen LogP contribution in [0.4, 0.5) is 4.79 Å². The molecule has 4 rings (SSSR count). The Labute approximate surface area is 244 Å². The number of likely N-dealkylation sites (tertiary alicyclic amines) is 1. The molecule has 1 N–H and O–H groups in total. The van der Waals surface area contributed by atoms with Crippen molar-refractivity contribution in [1.29, 1.82) is 0 Å². The lowest BCUT2D eigenvalue weighted by atomic mass is 9.61. The average molecular weight is 573 g/mol. The fourth-order valence-electron chi connectivity index (χ4n) is 5.13. The summed E-state index contributed by atoms with van der Waals surface area (Å²) in [6.07, 6.45) is 5.94. The summed E-state index contributed by atoms with van der Waals surface area (Å²) in [7, 11) is 0. The van der Waals surface area contributed by atoms with E-state index in [9.17, 15) is 19.2 Å². The van der Waals surface area contributed by atoms with Crippen LogP contribution >= 0.6 is 0 Å². The molecule has 228 valence electrons. The third-order valence-electron chi connectivity index (χ3n) is 7.61. The Morgan fingerprint density at radius 1 is 1.12 bits per heavy atom. The number of hydrogen-bond donors (Lipinski definition) is 1. The second-order valence-corrected chi connectivity index (χ2v) is 12.7. The van der Waals surface area contributed by atoms with E-state index in [4.69, 9.17) is 14.3 Å². The van der Waals surface area contributed by atoms with Crippen molar-refractivity contribution in [1.82, 2.24) is 10.2 Å². The number of carbonyl (C=O) groups excluding carboxylic acids is 5. The summed E-state index contributed by atoms with van der Waals surface area (Å²) in [4.78, 5) is 56.4.